The molecule has 8 heteroatoms. The lowest BCUT2D eigenvalue weighted by atomic mass is 9.81. The van der Waals surface area contributed by atoms with Crippen LogP contribution >= 0.6 is 0 Å². The molecule has 0 radical (unpaired) electrons. The Kier molecular flexibility index (Phi) is 10.6. The highest BCUT2D eigenvalue weighted by Gasteiger charge is 2.37. The highest BCUT2D eigenvalue weighted by atomic mass is 19.1. The molecular formula is C37H48F2N2O4. The number of benzene rings is 2. The molecule has 1 aliphatic rings. The van der Waals surface area contributed by atoms with Crippen LogP contribution in [0.3, 0.4) is 0 Å². The quantitative estimate of drug-likeness (QED) is 0.211. The maximum Gasteiger partial charge on any atom is 0.340 e. The van der Waals surface area contributed by atoms with Gasteiger partial charge in [-0.3, -0.25) is 4.98 Å². The van der Waals surface area contributed by atoms with Gasteiger partial charge < -0.3 is 19.1 Å². The molecule has 1 fully saturated rings. The molecule has 1 atom stereocenters. The Morgan fingerprint density at radius 1 is 1.00 bits per heavy atom. The fraction of sp³-hybridized carbons (Fsp3) is 0.514. The van der Waals surface area contributed by atoms with E-state index in [2.05, 4.69) is 18.7 Å². The number of piperidine rings is 1. The summed E-state index contributed by atoms with van der Waals surface area (Å²) in [6.45, 7) is 19.5. The number of ether oxygens (including phenoxy) is 3. The van der Waals surface area contributed by atoms with Crippen LogP contribution in [0, 0.1) is 30.9 Å². The Balaban J connectivity index is 1.79. The van der Waals surface area contributed by atoms with E-state index in [1.54, 1.807) is 18.2 Å². The molecule has 0 N–H and O–H groups in total. The number of aromatic nitrogens is 1. The highest BCUT2D eigenvalue weighted by Crippen LogP contribution is 2.45. The van der Waals surface area contributed by atoms with Crippen LogP contribution in [0.1, 0.15) is 89.9 Å². The molecule has 6 nitrogen and oxygen atoms in total. The molecule has 2 aromatic carbocycles. The molecule has 244 valence electrons. The van der Waals surface area contributed by atoms with Crippen LogP contribution in [0.2, 0.25) is 0 Å². The van der Waals surface area contributed by atoms with Gasteiger partial charge in [-0.25, -0.2) is 13.6 Å². The Morgan fingerprint density at radius 2 is 1.64 bits per heavy atom. The first kappa shape index (κ1) is 34.4. The number of carbonyl (C=O) groups is 1. The molecule has 0 saturated carbocycles. The van der Waals surface area contributed by atoms with E-state index in [9.17, 15) is 9.18 Å². The van der Waals surface area contributed by atoms with Crippen LogP contribution in [-0.4, -0.2) is 42.4 Å². The van der Waals surface area contributed by atoms with Crippen molar-refractivity contribution in [1.29, 1.82) is 0 Å². The van der Waals surface area contributed by atoms with Gasteiger partial charge in [0.15, 0.2) is 17.7 Å². The van der Waals surface area contributed by atoms with Gasteiger partial charge in [-0.2, -0.15) is 0 Å². The maximum absolute atomic E-state index is 15.6. The van der Waals surface area contributed by atoms with Crippen molar-refractivity contribution in [2.75, 3.05) is 24.6 Å². The summed E-state index contributed by atoms with van der Waals surface area (Å²) in [6.07, 6.45) is 1.09. The second-order valence-electron chi connectivity index (χ2n) is 14.0. The monoisotopic (exact) mass is 622 g/mol. The van der Waals surface area contributed by atoms with E-state index < -0.39 is 23.5 Å². The molecule has 0 spiro atoms. The van der Waals surface area contributed by atoms with Gasteiger partial charge in [-0.1, -0.05) is 32.0 Å². The van der Waals surface area contributed by atoms with Crippen molar-refractivity contribution >= 4 is 11.7 Å². The fourth-order valence-electron chi connectivity index (χ4n) is 5.74. The van der Waals surface area contributed by atoms with Crippen molar-refractivity contribution in [2.24, 2.45) is 5.41 Å². The van der Waals surface area contributed by atoms with Crippen molar-refractivity contribution < 1.29 is 27.8 Å². The summed E-state index contributed by atoms with van der Waals surface area (Å²) in [7, 11) is 0. The Labute approximate surface area is 267 Å². The molecule has 0 amide bonds. The minimum absolute atomic E-state index is 0.134. The molecule has 2 heterocycles. The number of nitrogens with zero attached hydrogens (tertiary/aromatic N) is 2. The number of halogens is 2. The van der Waals surface area contributed by atoms with Gasteiger partial charge in [0.2, 0.25) is 0 Å². The number of aryl methyl sites for hydroxylation is 2. The van der Waals surface area contributed by atoms with Gasteiger partial charge in [0.25, 0.3) is 0 Å². The molecule has 1 aromatic heterocycles. The molecule has 3 aromatic rings. The largest absolute Gasteiger partial charge is 0.490 e. The van der Waals surface area contributed by atoms with E-state index in [1.165, 1.54) is 18.2 Å². The zero-order valence-corrected chi connectivity index (χ0v) is 28.2. The van der Waals surface area contributed by atoms with Crippen LogP contribution < -0.4 is 9.64 Å². The Bertz CT molecular complexity index is 1490. The van der Waals surface area contributed by atoms with Crippen LogP contribution in [0.5, 0.6) is 5.75 Å². The summed E-state index contributed by atoms with van der Waals surface area (Å²) in [4.78, 5) is 20.9. The van der Waals surface area contributed by atoms with Gasteiger partial charge in [-0.15, -0.1) is 0 Å². The number of esters is 1. The Morgan fingerprint density at radius 3 is 2.22 bits per heavy atom. The number of carbonyl (C=O) groups excluding carboxylic acids is 1. The molecule has 0 bridgehead atoms. The van der Waals surface area contributed by atoms with Crippen LogP contribution in [-0.2, 0) is 20.7 Å². The second-order valence-corrected chi connectivity index (χ2v) is 14.0. The van der Waals surface area contributed by atoms with Crippen LogP contribution in [0.15, 0.2) is 42.5 Å². The number of pyridine rings is 1. The summed E-state index contributed by atoms with van der Waals surface area (Å²) >= 11 is 0. The van der Waals surface area contributed by atoms with Crippen molar-refractivity contribution in [3.8, 4) is 16.9 Å². The maximum atomic E-state index is 15.6. The smallest absolute Gasteiger partial charge is 0.340 e. The molecule has 0 unspecified atom stereocenters. The minimum atomic E-state index is -1.02. The van der Waals surface area contributed by atoms with E-state index in [4.69, 9.17) is 19.2 Å². The van der Waals surface area contributed by atoms with Gasteiger partial charge in [0.05, 0.1) is 24.0 Å². The standard InChI is InChI=1S/C37H48F2N2O4/c1-23(2)44-35(42)34(45-36(5,6)7)32-25(4)40-24(3)31(33(32)41-19-17-37(8,9)18-20-41)27-12-15-30(29(39)22-27)43-21-16-26-10-13-28(38)14-11-26/h10-15,22-23,34H,16-21H2,1-9H3/t34-/m0/s1. The molecule has 4 rings (SSSR count). The third kappa shape index (κ3) is 8.81. The molecule has 45 heavy (non-hydrogen) atoms. The normalized spacial score (nSPS) is 15.7. The predicted molar refractivity (Wildman–Crippen MR) is 175 cm³/mol. The highest BCUT2D eigenvalue weighted by molar-refractivity contribution is 5.88. The van der Waals surface area contributed by atoms with Crippen molar-refractivity contribution in [2.45, 2.75) is 99.4 Å². The summed E-state index contributed by atoms with van der Waals surface area (Å²) in [5.74, 6) is -1.14. The zero-order chi connectivity index (χ0) is 33.1. The summed E-state index contributed by atoms with van der Waals surface area (Å²) in [6, 6.07) is 11.1. The summed E-state index contributed by atoms with van der Waals surface area (Å²) in [5, 5.41) is 0. The zero-order valence-electron chi connectivity index (χ0n) is 28.2. The predicted octanol–water partition coefficient (Wildman–Crippen LogP) is 8.70. The molecule has 0 aliphatic carbocycles. The van der Waals surface area contributed by atoms with Gasteiger partial charge in [0.1, 0.15) is 5.82 Å². The van der Waals surface area contributed by atoms with E-state index in [-0.39, 0.29) is 29.7 Å². The van der Waals surface area contributed by atoms with E-state index in [1.807, 2.05) is 54.5 Å². The van der Waals surface area contributed by atoms with Crippen molar-refractivity contribution in [3.63, 3.8) is 0 Å². The van der Waals surface area contributed by atoms with E-state index >= 15 is 4.39 Å². The number of hydrogen-bond donors (Lipinski definition) is 0. The molecule has 1 saturated heterocycles. The number of rotatable bonds is 10. The average Bonchev–Trinajstić information content (AvgIpc) is 2.93. The van der Waals surface area contributed by atoms with Gasteiger partial charge in [0, 0.05) is 42.0 Å². The summed E-state index contributed by atoms with van der Waals surface area (Å²) in [5.41, 5.74) is 4.71. The van der Waals surface area contributed by atoms with Crippen molar-refractivity contribution in [3.05, 3.63) is 76.6 Å². The first-order chi connectivity index (χ1) is 21.0. The lowest BCUT2D eigenvalue weighted by Crippen LogP contribution is -2.39. The third-order valence-electron chi connectivity index (χ3n) is 8.09. The van der Waals surface area contributed by atoms with Crippen LogP contribution in [0.4, 0.5) is 14.5 Å². The SMILES string of the molecule is Cc1nc(C)c([C@H](OC(C)(C)C)C(=O)OC(C)C)c(N2CCC(C)(C)CC2)c1-c1ccc(OCCc2ccc(F)cc2)c(F)c1. The third-order valence-corrected chi connectivity index (χ3v) is 8.09. The average molecular weight is 623 g/mol. The lowest BCUT2D eigenvalue weighted by Gasteiger charge is -2.41. The van der Waals surface area contributed by atoms with E-state index in [0.29, 0.717) is 23.2 Å². The van der Waals surface area contributed by atoms with E-state index in [0.717, 1.165) is 48.4 Å². The molecular weight excluding hydrogens is 574 g/mol. The fourth-order valence-corrected chi connectivity index (χ4v) is 5.74. The molecule has 1 aliphatic heterocycles. The first-order valence-corrected chi connectivity index (χ1v) is 15.9. The minimum Gasteiger partial charge on any atom is -0.490 e. The number of hydrogen-bond acceptors (Lipinski definition) is 6. The summed E-state index contributed by atoms with van der Waals surface area (Å²) < 4.78 is 46.9. The first-order valence-electron chi connectivity index (χ1n) is 15.9. The second kappa shape index (κ2) is 13.9. The van der Waals surface area contributed by atoms with Crippen molar-refractivity contribution in [1.82, 2.24) is 4.98 Å². The van der Waals surface area contributed by atoms with Gasteiger partial charge in [-0.05, 0) is 102 Å². The lowest BCUT2D eigenvalue weighted by molar-refractivity contribution is -0.171. The van der Waals surface area contributed by atoms with Crippen LogP contribution in [0.25, 0.3) is 11.1 Å². The van der Waals surface area contributed by atoms with Gasteiger partial charge >= 0.3 is 5.97 Å². The topological polar surface area (TPSA) is 60.9 Å². The Hall–Kier alpha value is -3.52. The number of anilines is 1.